The second-order valence-electron chi connectivity index (χ2n) is 4.10. The molecular formula is C14H14N2O2. The third-order valence-corrected chi connectivity index (χ3v) is 2.57. The average molecular weight is 242 g/mol. The molecule has 0 saturated heterocycles. The van der Waals surface area contributed by atoms with E-state index in [4.69, 9.17) is 5.73 Å². The summed E-state index contributed by atoms with van der Waals surface area (Å²) in [6.45, 7) is 1.95. The summed E-state index contributed by atoms with van der Waals surface area (Å²) in [5.41, 5.74) is 7.94. The van der Waals surface area contributed by atoms with Crippen LogP contribution in [0.25, 0.3) is 0 Å². The first kappa shape index (κ1) is 12.0. The lowest BCUT2D eigenvalue weighted by Gasteiger charge is -2.07. The van der Waals surface area contributed by atoms with Crippen LogP contribution in [0.1, 0.15) is 15.9 Å². The Hall–Kier alpha value is -2.49. The van der Waals surface area contributed by atoms with Gasteiger partial charge in [0.1, 0.15) is 5.75 Å². The number of benzene rings is 2. The maximum Gasteiger partial charge on any atom is 0.255 e. The highest BCUT2D eigenvalue weighted by molar-refractivity contribution is 6.05. The van der Waals surface area contributed by atoms with Crippen LogP contribution in [0.5, 0.6) is 5.75 Å². The zero-order chi connectivity index (χ0) is 13.1. The number of phenolic OH excluding ortho intramolecular Hbond substituents is 1. The number of aromatic hydroxyl groups is 1. The van der Waals surface area contributed by atoms with Gasteiger partial charge in [0.05, 0.1) is 5.69 Å². The van der Waals surface area contributed by atoms with Crippen molar-refractivity contribution in [3.05, 3.63) is 53.6 Å². The van der Waals surface area contributed by atoms with Crippen LogP contribution in [0.15, 0.2) is 42.5 Å². The molecule has 0 aliphatic carbocycles. The lowest BCUT2D eigenvalue weighted by molar-refractivity contribution is 0.102. The lowest BCUT2D eigenvalue weighted by atomic mass is 10.1. The Morgan fingerprint density at radius 3 is 2.67 bits per heavy atom. The molecule has 0 bridgehead atoms. The molecule has 18 heavy (non-hydrogen) atoms. The van der Waals surface area contributed by atoms with Crippen LogP contribution in [-0.2, 0) is 0 Å². The summed E-state index contributed by atoms with van der Waals surface area (Å²) in [6.07, 6.45) is 0. The van der Waals surface area contributed by atoms with Crippen LogP contribution in [0.3, 0.4) is 0 Å². The number of rotatable bonds is 2. The number of nitrogens with two attached hydrogens (primary N) is 1. The summed E-state index contributed by atoms with van der Waals surface area (Å²) in [6, 6.07) is 11.9. The standard InChI is InChI=1S/C14H14N2O2/c1-9-3-2-4-11(7-9)16-14(18)10-5-6-13(17)12(15)8-10/h2-8,17H,15H2,1H3,(H,16,18). The summed E-state index contributed by atoms with van der Waals surface area (Å²) in [7, 11) is 0. The predicted molar refractivity (Wildman–Crippen MR) is 71.7 cm³/mol. The van der Waals surface area contributed by atoms with Crippen molar-refractivity contribution in [3.8, 4) is 5.75 Å². The van der Waals surface area contributed by atoms with Crippen molar-refractivity contribution >= 4 is 17.3 Å². The number of amides is 1. The van der Waals surface area contributed by atoms with Crippen LogP contribution in [-0.4, -0.2) is 11.0 Å². The van der Waals surface area contributed by atoms with E-state index in [0.29, 0.717) is 5.56 Å². The number of nitrogen functional groups attached to an aromatic ring is 1. The molecule has 2 aromatic carbocycles. The van der Waals surface area contributed by atoms with E-state index in [1.165, 1.54) is 18.2 Å². The minimum atomic E-state index is -0.257. The van der Waals surface area contributed by atoms with Crippen molar-refractivity contribution in [3.63, 3.8) is 0 Å². The molecule has 0 spiro atoms. The third-order valence-electron chi connectivity index (χ3n) is 2.57. The smallest absolute Gasteiger partial charge is 0.255 e. The van der Waals surface area contributed by atoms with Gasteiger partial charge in [-0.1, -0.05) is 12.1 Å². The summed E-state index contributed by atoms with van der Waals surface area (Å²) < 4.78 is 0. The molecule has 0 heterocycles. The van der Waals surface area contributed by atoms with E-state index in [-0.39, 0.29) is 17.3 Å². The highest BCUT2D eigenvalue weighted by atomic mass is 16.3. The van der Waals surface area contributed by atoms with E-state index in [9.17, 15) is 9.90 Å². The van der Waals surface area contributed by atoms with Crippen LogP contribution >= 0.6 is 0 Å². The Labute approximate surface area is 105 Å². The van der Waals surface area contributed by atoms with Crippen LogP contribution in [0.4, 0.5) is 11.4 Å². The number of hydrogen-bond donors (Lipinski definition) is 3. The quantitative estimate of drug-likeness (QED) is 0.559. The van der Waals surface area contributed by atoms with Gasteiger partial charge >= 0.3 is 0 Å². The Kier molecular flexibility index (Phi) is 3.19. The summed E-state index contributed by atoms with van der Waals surface area (Å²) in [5, 5.41) is 12.1. The summed E-state index contributed by atoms with van der Waals surface area (Å²) in [4.78, 5) is 11.9. The number of phenols is 1. The zero-order valence-corrected chi connectivity index (χ0v) is 9.97. The van der Waals surface area contributed by atoms with Gasteiger partial charge in [-0.25, -0.2) is 0 Å². The first-order chi connectivity index (χ1) is 8.56. The minimum absolute atomic E-state index is 0.0258. The molecular weight excluding hydrogens is 228 g/mol. The fourth-order valence-corrected chi connectivity index (χ4v) is 1.62. The SMILES string of the molecule is Cc1cccc(NC(=O)c2ccc(O)c(N)c2)c1. The zero-order valence-electron chi connectivity index (χ0n) is 9.97. The second kappa shape index (κ2) is 4.79. The lowest BCUT2D eigenvalue weighted by Crippen LogP contribution is -2.12. The van der Waals surface area contributed by atoms with E-state index >= 15 is 0 Å². The number of hydrogen-bond acceptors (Lipinski definition) is 3. The molecule has 0 atom stereocenters. The van der Waals surface area contributed by atoms with Gasteiger partial charge in [0.15, 0.2) is 0 Å². The van der Waals surface area contributed by atoms with Crippen LogP contribution in [0.2, 0.25) is 0 Å². The normalized spacial score (nSPS) is 10.1. The highest BCUT2D eigenvalue weighted by Gasteiger charge is 2.08. The summed E-state index contributed by atoms with van der Waals surface area (Å²) in [5.74, 6) is -0.283. The monoisotopic (exact) mass is 242 g/mol. The third kappa shape index (κ3) is 2.60. The molecule has 1 amide bonds. The molecule has 0 unspecified atom stereocenters. The van der Waals surface area contributed by atoms with Crippen molar-refractivity contribution in [1.29, 1.82) is 0 Å². The van der Waals surface area contributed by atoms with Gasteiger partial charge in [-0.3, -0.25) is 4.79 Å². The molecule has 2 rings (SSSR count). The Morgan fingerprint density at radius 1 is 1.22 bits per heavy atom. The van der Waals surface area contributed by atoms with Crippen molar-refractivity contribution < 1.29 is 9.90 Å². The molecule has 0 saturated carbocycles. The Morgan fingerprint density at radius 2 is 2.00 bits per heavy atom. The van der Waals surface area contributed by atoms with Gasteiger partial charge in [-0.15, -0.1) is 0 Å². The van der Waals surface area contributed by atoms with E-state index in [0.717, 1.165) is 11.3 Å². The molecule has 0 aliphatic heterocycles. The van der Waals surface area contributed by atoms with Gasteiger partial charge in [-0.2, -0.15) is 0 Å². The molecule has 4 N–H and O–H groups in total. The number of nitrogens with one attached hydrogen (secondary N) is 1. The fraction of sp³-hybridized carbons (Fsp3) is 0.0714. The maximum atomic E-state index is 11.9. The molecule has 4 heteroatoms. The van der Waals surface area contributed by atoms with E-state index < -0.39 is 0 Å². The molecule has 0 radical (unpaired) electrons. The fourth-order valence-electron chi connectivity index (χ4n) is 1.62. The van der Waals surface area contributed by atoms with Gasteiger partial charge in [-0.05, 0) is 42.8 Å². The predicted octanol–water partition coefficient (Wildman–Crippen LogP) is 2.54. The summed E-state index contributed by atoms with van der Waals surface area (Å²) >= 11 is 0. The van der Waals surface area contributed by atoms with Crippen molar-refractivity contribution in [2.45, 2.75) is 6.92 Å². The molecule has 0 aliphatic rings. The first-order valence-corrected chi connectivity index (χ1v) is 5.53. The number of carbonyl (C=O) groups excluding carboxylic acids is 1. The Balaban J connectivity index is 2.19. The van der Waals surface area contributed by atoms with Crippen molar-refractivity contribution in [2.24, 2.45) is 0 Å². The van der Waals surface area contributed by atoms with Gasteiger partial charge in [0.2, 0.25) is 0 Å². The Bertz CT molecular complexity index is 594. The van der Waals surface area contributed by atoms with Crippen LogP contribution < -0.4 is 11.1 Å². The van der Waals surface area contributed by atoms with E-state index in [1.54, 1.807) is 0 Å². The van der Waals surface area contributed by atoms with Crippen molar-refractivity contribution in [1.82, 2.24) is 0 Å². The molecule has 2 aromatic rings. The van der Waals surface area contributed by atoms with Gasteiger partial charge < -0.3 is 16.2 Å². The molecule has 92 valence electrons. The minimum Gasteiger partial charge on any atom is -0.506 e. The van der Waals surface area contributed by atoms with Crippen LogP contribution in [0, 0.1) is 6.92 Å². The van der Waals surface area contributed by atoms with Gasteiger partial charge in [0, 0.05) is 11.3 Å². The largest absolute Gasteiger partial charge is 0.506 e. The van der Waals surface area contributed by atoms with Gasteiger partial charge in [0.25, 0.3) is 5.91 Å². The maximum absolute atomic E-state index is 11.9. The van der Waals surface area contributed by atoms with Crippen molar-refractivity contribution in [2.75, 3.05) is 11.1 Å². The second-order valence-corrected chi connectivity index (χ2v) is 4.10. The topological polar surface area (TPSA) is 75.3 Å². The van der Waals surface area contributed by atoms with E-state index in [1.807, 2.05) is 31.2 Å². The molecule has 4 nitrogen and oxygen atoms in total. The number of anilines is 2. The first-order valence-electron chi connectivity index (χ1n) is 5.53. The average Bonchev–Trinajstić information content (AvgIpc) is 2.32. The molecule has 0 fully saturated rings. The van der Waals surface area contributed by atoms with E-state index in [2.05, 4.69) is 5.32 Å². The number of carbonyl (C=O) groups is 1. The number of aryl methyl sites for hydroxylation is 1. The molecule has 0 aromatic heterocycles. The highest BCUT2D eigenvalue weighted by Crippen LogP contribution is 2.21.